The van der Waals surface area contributed by atoms with E-state index < -0.39 is 0 Å². The van der Waals surface area contributed by atoms with Crippen molar-refractivity contribution in [2.75, 3.05) is 0 Å². The molecular weight excluding hydrogens is 229 g/mol. The third kappa shape index (κ3) is 2.55. The number of hydrazine groups is 1. The van der Waals surface area contributed by atoms with Crippen LogP contribution in [0.15, 0.2) is 36.5 Å². The molecule has 2 aromatic rings. The number of nitrogens with one attached hydrogen (secondary N) is 1. The molecule has 1 aromatic heterocycles. The molecule has 2 rings (SSSR count). The van der Waals surface area contributed by atoms with Gasteiger partial charge in [0.15, 0.2) is 0 Å². The number of aromatic nitrogens is 1. The SMILES string of the molecule is Cc1cnc(C(NN)c2ccc(F)cc2)c(C)c1. The van der Waals surface area contributed by atoms with Gasteiger partial charge in [-0.25, -0.2) is 9.82 Å². The Morgan fingerprint density at radius 1 is 1.22 bits per heavy atom. The maximum absolute atomic E-state index is 12.9. The Hall–Kier alpha value is -1.78. The Balaban J connectivity index is 2.41. The molecule has 3 N–H and O–H groups in total. The van der Waals surface area contributed by atoms with E-state index in [9.17, 15) is 4.39 Å². The molecule has 0 aliphatic carbocycles. The van der Waals surface area contributed by atoms with E-state index in [-0.39, 0.29) is 11.9 Å². The van der Waals surface area contributed by atoms with E-state index >= 15 is 0 Å². The van der Waals surface area contributed by atoms with Crippen molar-refractivity contribution in [3.8, 4) is 0 Å². The Morgan fingerprint density at radius 3 is 2.44 bits per heavy atom. The van der Waals surface area contributed by atoms with Crippen LogP contribution >= 0.6 is 0 Å². The average molecular weight is 245 g/mol. The molecule has 0 aliphatic heterocycles. The molecule has 18 heavy (non-hydrogen) atoms. The van der Waals surface area contributed by atoms with E-state index in [0.717, 1.165) is 22.4 Å². The fourth-order valence-electron chi connectivity index (χ4n) is 2.02. The van der Waals surface area contributed by atoms with E-state index in [1.54, 1.807) is 18.3 Å². The number of benzene rings is 1. The number of nitrogens with zero attached hydrogens (tertiary/aromatic N) is 1. The van der Waals surface area contributed by atoms with E-state index in [0.29, 0.717) is 0 Å². The Bertz CT molecular complexity index is 537. The Morgan fingerprint density at radius 2 is 1.89 bits per heavy atom. The van der Waals surface area contributed by atoms with Crippen molar-refractivity contribution < 1.29 is 4.39 Å². The molecule has 0 saturated heterocycles. The van der Waals surface area contributed by atoms with Gasteiger partial charge in [-0.1, -0.05) is 18.2 Å². The minimum atomic E-state index is -0.261. The first-order valence-electron chi connectivity index (χ1n) is 5.76. The van der Waals surface area contributed by atoms with Gasteiger partial charge in [0.2, 0.25) is 0 Å². The normalized spacial score (nSPS) is 12.4. The van der Waals surface area contributed by atoms with Crippen molar-refractivity contribution in [3.05, 3.63) is 64.7 Å². The predicted octanol–water partition coefficient (Wildman–Crippen LogP) is 2.39. The number of pyridine rings is 1. The number of nitrogens with two attached hydrogens (primary N) is 1. The second-order valence-corrected chi connectivity index (χ2v) is 4.37. The van der Waals surface area contributed by atoms with E-state index in [1.807, 2.05) is 13.8 Å². The lowest BCUT2D eigenvalue weighted by Gasteiger charge is -2.18. The highest BCUT2D eigenvalue weighted by Gasteiger charge is 2.16. The maximum atomic E-state index is 12.9. The van der Waals surface area contributed by atoms with Gasteiger partial charge in [0.1, 0.15) is 5.82 Å². The van der Waals surface area contributed by atoms with Gasteiger partial charge in [-0.2, -0.15) is 0 Å². The fourth-order valence-corrected chi connectivity index (χ4v) is 2.02. The van der Waals surface area contributed by atoms with Gasteiger partial charge in [-0.3, -0.25) is 10.8 Å². The number of hydrogen-bond acceptors (Lipinski definition) is 3. The second kappa shape index (κ2) is 5.25. The third-order valence-corrected chi connectivity index (χ3v) is 2.90. The van der Waals surface area contributed by atoms with Gasteiger partial charge >= 0.3 is 0 Å². The van der Waals surface area contributed by atoms with Crippen molar-refractivity contribution in [2.24, 2.45) is 5.84 Å². The first-order valence-corrected chi connectivity index (χ1v) is 5.76. The van der Waals surface area contributed by atoms with Gasteiger partial charge in [-0.05, 0) is 42.7 Å². The van der Waals surface area contributed by atoms with Gasteiger partial charge in [0, 0.05) is 6.20 Å². The smallest absolute Gasteiger partial charge is 0.123 e. The topological polar surface area (TPSA) is 50.9 Å². The first-order chi connectivity index (χ1) is 8.61. The van der Waals surface area contributed by atoms with Crippen LogP contribution in [0, 0.1) is 19.7 Å². The molecule has 0 amide bonds. The lowest BCUT2D eigenvalue weighted by molar-refractivity contribution is 0.605. The summed E-state index contributed by atoms with van der Waals surface area (Å²) in [6, 6.07) is 8.08. The van der Waals surface area contributed by atoms with Crippen LogP contribution in [0.5, 0.6) is 0 Å². The molecule has 0 radical (unpaired) electrons. The van der Waals surface area contributed by atoms with Gasteiger partial charge < -0.3 is 0 Å². The van der Waals surface area contributed by atoms with Crippen LogP contribution in [0.25, 0.3) is 0 Å². The first kappa shape index (κ1) is 12.7. The molecule has 1 atom stereocenters. The second-order valence-electron chi connectivity index (χ2n) is 4.37. The maximum Gasteiger partial charge on any atom is 0.123 e. The number of hydrogen-bond donors (Lipinski definition) is 2. The molecule has 1 unspecified atom stereocenters. The highest BCUT2D eigenvalue weighted by atomic mass is 19.1. The quantitative estimate of drug-likeness (QED) is 0.645. The van der Waals surface area contributed by atoms with Crippen LogP contribution in [0.2, 0.25) is 0 Å². The van der Waals surface area contributed by atoms with Crippen LogP contribution in [0.3, 0.4) is 0 Å². The summed E-state index contributed by atoms with van der Waals surface area (Å²) in [6.45, 7) is 3.98. The van der Waals surface area contributed by atoms with Crippen molar-refractivity contribution in [1.82, 2.24) is 10.4 Å². The molecule has 0 fully saturated rings. The predicted molar refractivity (Wildman–Crippen MR) is 69.3 cm³/mol. The van der Waals surface area contributed by atoms with Crippen LogP contribution in [0.1, 0.15) is 28.4 Å². The molecule has 0 saturated carbocycles. The number of aryl methyl sites for hydroxylation is 2. The summed E-state index contributed by atoms with van der Waals surface area (Å²) >= 11 is 0. The summed E-state index contributed by atoms with van der Waals surface area (Å²) < 4.78 is 12.9. The monoisotopic (exact) mass is 245 g/mol. The number of rotatable bonds is 3. The number of halogens is 1. The largest absolute Gasteiger partial charge is 0.271 e. The average Bonchev–Trinajstić information content (AvgIpc) is 2.35. The highest BCUT2D eigenvalue weighted by Crippen LogP contribution is 2.23. The Labute approximate surface area is 106 Å². The molecule has 0 aliphatic rings. The zero-order valence-corrected chi connectivity index (χ0v) is 10.4. The molecule has 4 heteroatoms. The van der Waals surface area contributed by atoms with E-state index in [4.69, 9.17) is 5.84 Å². The van der Waals surface area contributed by atoms with Gasteiger partial charge in [-0.15, -0.1) is 0 Å². The van der Waals surface area contributed by atoms with Crippen molar-refractivity contribution in [1.29, 1.82) is 0 Å². The summed E-state index contributed by atoms with van der Waals surface area (Å²) in [5, 5.41) is 0. The minimum Gasteiger partial charge on any atom is -0.271 e. The summed E-state index contributed by atoms with van der Waals surface area (Å²) in [4.78, 5) is 4.41. The minimum absolute atomic E-state index is 0.230. The summed E-state index contributed by atoms with van der Waals surface area (Å²) in [5.41, 5.74) is 6.63. The lowest BCUT2D eigenvalue weighted by atomic mass is 10.00. The van der Waals surface area contributed by atoms with Crippen molar-refractivity contribution >= 4 is 0 Å². The standard InChI is InChI=1S/C14H16FN3/c1-9-7-10(2)13(17-8-9)14(18-16)11-3-5-12(15)6-4-11/h3-8,14,18H,16H2,1-2H3. The molecular formula is C14H16FN3. The van der Waals surface area contributed by atoms with E-state index in [2.05, 4.69) is 16.5 Å². The van der Waals surface area contributed by atoms with Crippen molar-refractivity contribution in [2.45, 2.75) is 19.9 Å². The molecule has 3 nitrogen and oxygen atoms in total. The zero-order chi connectivity index (χ0) is 13.1. The fraction of sp³-hybridized carbons (Fsp3) is 0.214. The summed E-state index contributed by atoms with van der Waals surface area (Å²) in [5.74, 6) is 5.34. The van der Waals surface area contributed by atoms with Gasteiger partial charge in [0.05, 0.1) is 11.7 Å². The third-order valence-electron chi connectivity index (χ3n) is 2.90. The molecule has 1 aromatic carbocycles. The summed E-state index contributed by atoms with van der Waals surface area (Å²) in [7, 11) is 0. The molecule has 0 bridgehead atoms. The van der Waals surface area contributed by atoms with Crippen LogP contribution in [0.4, 0.5) is 4.39 Å². The zero-order valence-electron chi connectivity index (χ0n) is 10.4. The van der Waals surface area contributed by atoms with Gasteiger partial charge in [0.25, 0.3) is 0 Å². The lowest BCUT2D eigenvalue weighted by Crippen LogP contribution is -2.30. The molecule has 1 heterocycles. The highest BCUT2D eigenvalue weighted by molar-refractivity contribution is 5.33. The van der Waals surface area contributed by atoms with E-state index in [1.165, 1.54) is 12.1 Å². The van der Waals surface area contributed by atoms with Crippen LogP contribution in [-0.4, -0.2) is 4.98 Å². The van der Waals surface area contributed by atoms with Crippen LogP contribution < -0.4 is 11.3 Å². The van der Waals surface area contributed by atoms with Crippen molar-refractivity contribution in [3.63, 3.8) is 0 Å². The summed E-state index contributed by atoms with van der Waals surface area (Å²) in [6.07, 6.45) is 1.80. The van der Waals surface area contributed by atoms with Crippen LogP contribution in [-0.2, 0) is 0 Å². The molecule has 0 spiro atoms. The Kier molecular flexibility index (Phi) is 3.69. The molecule has 94 valence electrons.